The van der Waals surface area contributed by atoms with Gasteiger partial charge in [-0.1, -0.05) is 19.8 Å². The lowest BCUT2D eigenvalue weighted by atomic mass is 9.92. The molecule has 0 aromatic carbocycles. The van der Waals surface area contributed by atoms with E-state index in [1.54, 1.807) is 0 Å². The van der Waals surface area contributed by atoms with Gasteiger partial charge in [-0.3, -0.25) is 4.68 Å². The van der Waals surface area contributed by atoms with Crippen LogP contribution in [0.4, 0.5) is 0 Å². The summed E-state index contributed by atoms with van der Waals surface area (Å²) < 4.78 is 1.93. The highest BCUT2D eigenvalue weighted by Gasteiger charge is 2.22. The maximum atomic E-state index is 9.88. The van der Waals surface area contributed by atoms with Crippen molar-refractivity contribution in [1.29, 1.82) is 0 Å². The van der Waals surface area contributed by atoms with Gasteiger partial charge in [0.05, 0.1) is 17.5 Å². The number of aliphatic hydroxyl groups is 1. The molecule has 1 heterocycles. The zero-order chi connectivity index (χ0) is 12.3. The molecule has 1 aliphatic rings. The van der Waals surface area contributed by atoms with Gasteiger partial charge in [-0.2, -0.15) is 5.10 Å². The molecule has 1 aliphatic carbocycles. The second kappa shape index (κ2) is 5.65. The van der Waals surface area contributed by atoms with Crippen molar-refractivity contribution in [3.05, 3.63) is 17.5 Å². The third kappa shape index (κ3) is 3.07. The summed E-state index contributed by atoms with van der Waals surface area (Å²) in [6.45, 7) is 2.91. The Morgan fingerprint density at radius 2 is 2.24 bits per heavy atom. The standard InChI is InChI=1S/C13H23N3O/c1-3-10-8-11(16(2)15-10)9-14-12-6-4-5-7-13(12)17/h8,12-14,17H,3-7,9H2,1-2H3. The zero-order valence-corrected chi connectivity index (χ0v) is 10.8. The molecule has 1 fully saturated rings. The second-order valence-corrected chi connectivity index (χ2v) is 4.94. The van der Waals surface area contributed by atoms with Crippen molar-refractivity contribution in [2.75, 3.05) is 0 Å². The largest absolute Gasteiger partial charge is 0.392 e. The summed E-state index contributed by atoms with van der Waals surface area (Å²) in [4.78, 5) is 0. The van der Waals surface area contributed by atoms with Gasteiger partial charge in [-0.05, 0) is 25.3 Å². The molecule has 2 N–H and O–H groups in total. The molecular weight excluding hydrogens is 214 g/mol. The first-order chi connectivity index (χ1) is 8.20. The molecule has 4 nitrogen and oxygen atoms in total. The predicted molar refractivity (Wildman–Crippen MR) is 67.7 cm³/mol. The third-order valence-electron chi connectivity index (χ3n) is 3.66. The van der Waals surface area contributed by atoms with Crippen LogP contribution in [-0.2, 0) is 20.0 Å². The minimum Gasteiger partial charge on any atom is -0.392 e. The highest BCUT2D eigenvalue weighted by atomic mass is 16.3. The number of aromatic nitrogens is 2. The maximum Gasteiger partial charge on any atom is 0.0693 e. The summed E-state index contributed by atoms with van der Waals surface area (Å²) in [5.74, 6) is 0. The molecule has 2 unspecified atom stereocenters. The van der Waals surface area contributed by atoms with Gasteiger partial charge < -0.3 is 10.4 Å². The second-order valence-electron chi connectivity index (χ2n) is 4.94. The number of hydrogen-bond donors (Lipinski definition) is 2. The summed E-state index contributed by atoms with van der Waals surface area (Å²) in [5, 5.41) is 17.8. The van der Waals surface area contributed by atoms with Gasteiger partial charge in [-0.25, -0.2) is 0 Å². The third-order valence-corrected chi connectivity index (χ3v) is 3.66. The quantitative estimate of drug-likeness (QED) is 0.831. The highest BCUT2D eigenvalue weighted by Crippen LogP contribution is 2.18. The Morgan fingerprint density at radius 3 is 2.88 bits per heavy atom. The van der Waals surface area contributed by atoms with E-state index in [0.29, 0.717) is 0 Å². The van der Waals surface area contributed by atoms with Gasteiger partial charge in [-0.15, -0.1) is 0 Å². The number of nitrogens with one attached hydrogen (secondary N) is 1. The Labute approximate surface area is 103 Å². The summed E-state index contributed by atoms with van der Waals surface area (Å²) in [6.07, 6.45) is 5.19. The molecule has 2 atom stereocenters. The van der Waals surface area contributed by atoms with Crippen LogP contribution in [-0.4, -0.2) is 27.0 Å². The fourth-order valence-electron chi connectivity index (χ4n) is 2.49. The van der Waals surface area contributed by atoms with Crippen LogP contribution in [0, 0.1) is 0 Å². The SMILES string of the molecule is CCc1cc(CNC2CCCCC2O)n(C)n1. The molecule has 0 amide bonds. The van der Waals surface area contributed by atoms with E-state index in [2.05, 4.69) is 23.4 Å². The van der Waals surface area contributed by atoms with Crippen molar-refractivity contribution < 1.29 is 5.11 Å². The molecular formula is C13H23N3O. The normalized spacial score (nSPS) is 25.1. The predicted octanol–water partition coefficient (Wildman–Crippen LogP) is 1.38. The van der Waals surface area contributed by atoms with E-state index in [-0.39, 0.29) is 12.1 Å². The molecule has 1 aromatic rings. The fraction of sp³-hybridized carbons (Fsp3) is 0.769. The van der Waals surface area contributed by atoms with Gasteiger partial charge in [0.15, 0.2) is 0 Å². The molecule has 0 bridgehead atoms. The molecule has 0 spiro atoms. The molecule has 0 radical (unpaired) electrons. The van der Waals surface area contributed by atoms with Crippen molar-refractivity contribution in [3.8, 4) is 0 Å². The van der Waals surface area contributed by atoms with Crippen LogP contribution < -0.4 is 5.32 Å². The molecule has 2 rings (SSSR count). The van der Waals surface area contributed by atoms with Crippen molar-refractivity contribution in [3.63, 3.8) is 0 Å². The minimum absolute atomic E-state index is 0.178. The van der Waals surface area contributed by atoms with E-state index in [1.165, 1.54) is 12.1 Å². The summed E-state index contributed by atoms with van der Waals surface area (Å²) >= 11 is 0. The fourth-order valence-corrected chi connectivity index (χ4v) is 2.49. The molecule has 1 aromatic heterocycles. The first-order valence-electron chi connectivity index (χ1n) is 6.64. The highest BCUT2D eigenvalue weighted by molar-refractivity contribution is 5.10. The van der Waals surface area contributed by atoms with Crippen LogP contribution in [0.15, 0.2) is 6.07 Å². The molecule has 0 saturated heterocycles. The van der Waals surface area contributed by atoms with E-state index in [1.807, 2.05) is 11.7 Å². The van der Waals surface area contributed by atoms with Gasteiger partial charge >= 0.3 is 0 Å². The van der Waals surface area contributed by atoms with Crippen molar-refractivity contribution >= 4 is 0 Å². The molecule has 1 saturated carbocycles. The Bertz CT molecular complexity index is 362. The number of rotatable bonds is 4. The Morgan fingerprint density at radius 1 is 1.47 bits per heavy atom. The smallest absolute Gasteiger partial charge is 0.0693 e. The van der Waals surface area contributed by atoms with Gasteiger partial charge in [0.1, 0.15) is 0 Å². The van der Waals surface area contributed by atoms with Crippen LogP contribution in [0.5, 0.6) is 0 Å². The Kier molecular flexibility index (Phi) is 4.18. The lowest BCUT2D eigenvalue weighted by Gasteiger charge is -2.28. The van der Waals surface area contributed by atoms with Gasteiger partial charge in [0, 0.05) is 19.6 Å². The van der Waals surface area contributed by atoms with Crippen molar-refractivity contribution in [1.82, 2.24) is 15.1 Å². The van der Waals surface area contributed by atoms with Gasteiger partial charge in [0.2, 0.25) is 0 Å². The average Bonchev–Trinajstić information content (AvgIpc) is 2.69. The van der Waals surface area contributed by atoms with E-state index in [9.17, 15) is 5.11 Å². The van der Waals surface area contributed by atoms with Crippen LogP contribution in [0.25, 0.3) is 0 Å². The molecule has 17 heavy (non-hydrogen) atoms. The molecule has 0 aliphatic heterocycles. The lowest BCUT2D eigenvalue weighted by molar-refractivity contribution is 0.0899. The summed E-state index contributed by atoms with van der Waals surface area (Å²) in [7, 11) is 1.98. The van der Waals surface area contributed by atoms with Crippen molar-refractivity contribution in [2.45, 2.75) is 57.7 Å². The lowest BCUT2D eigenvalue weighted by Crippen LogP contribution is -2.41. The van der Waals surface area contributed by atoms with Crippen LogP contribution in [0.1, 0.15) is 44.0 Å². The maximum absolute atomic E-state index is 9.88. The van der Waals surface area contributed by atoms with Crippen LogP contribution in [0.2, 0.25) is 0 Å². The minimum atomic E-state index is -0.178. The van der Waals surface area contributed by atoms with Crippen LogP contribution in [0.3, 0.4) is 0 Å². The molecule has 4 heteroatoms. The Hall–Kier alpha value is -0.870. The van der Waals surface area contributed by atoms with E-state index in [4.69, 9.17) is 0 Å². The van der Waals surface area contributed by atoms with Gasteiger partial charge in [0.25, 0.3) is 0 Å². The monoisotopic (exact) mass is 237 g/mol. The topological polar surface area (TPSA) is 50.1 Å². The Balaban J connectivity index is 1.90. The number of aryl methyl sites for hydroxylation is 2. The zero-order valence-electron chi connectivity index (χ0n) is 10.8. The number of nitrogens with zero attached hydrogens (tertiary/aromatic N) is 2. The van der Waals surface area contributed by atoms with E-state index in [0.717, 1.165) is 37.9 Å². The first kappa shape index (κ1) is 12.6. The first-order valence-corrected chi connectivity index (χ1v) is 6.64. The molecule has 96 valence electrons. The summed E-state index contributed by atoms with van der Waals surface area (Å²) in [6, 6.07) is 2.39. The average molecular weight is 237 g/mol. The summed E-state index contributed by atoms with van der Waals surface area (Å²) in [5.41, 5.74) is 2.33. The van der Waals surface area contributed by atoms with Crippen molar-refractivity contribution in [2.24, 2.45) is 7.05 Å². The van der Waals surface area contributed by atoms with E-state index >= 15 is 0 Å². The van der Waals surface area contributed by atoms with E-state index < -0.39 is 0 Å². The number of aliphatic hydroxyl groups excluding tert-OH is 1. The van der Waals surface area contributed by atoms with Crippen LogP contribution >= 0.6 is 0 Å². The number of hydrogen-bond acceptors (Lipinski definition) is 3.